The molecule has 0 aliphatic carbocycles. The Balaban J connectivity index is 2.62. The Labute approximate surface area is 116 Å². The molecule has 4 heteroatoms. The predicted octanol–water partition coefficient (Wildman–Crippen LogP) is 3.46. The van der Waals surface area contributed by atoms with Crippen molar-refractivity contribution in [3.8, 4) is 0 Å². The van der Waals surface area contributed by atoms with E-state index in [-0.39, 0.29) is 23.1 Å². The molecule has 0 amide bonds. The summed E-state index contributed by atoms with van der Waals surface area (Å²) in [6, 6.07) is 4.46. The average molecular weight is 316 g/mol. The summed E-state index contributed by atoms with van der Waals surface area (Å²) in [5, 5.41) is 0. The molecule has 0 bridgehead atoms. The molecule has 1 atom stereocenters. The highest BCUT2D eigenvalue weighted by molar-refractivity contribution is 9.10. The van der Waals surface area contributed by atoms with Crippen LogP contribution in [0.15, 0.2) is 22.7 Å². The van der Waals surface area contributed by atoms with E-state index in [0.717, 1.165) is 5.56 Å². The fourth-order valence-electron chi connectivity index (χ4n) is 1.50. The van der Waals surface area contributed by atoms with Crippen LogP contribution in [-0.4, -0.2) is 11.8 Å². The molecule has 1 aromatic carbocycles. The largest absolute Gasteiger partial charge is 0.327 e. The third kappa shape index (κ3) is 4.50. The fourth-order valence-corrected chi connectivity index (χ4v) is 1.93. The molecule has 1 unspecified atom stereocenters. The van der Waals surface area contributed by atoms with Crippen molar-refractivity contribution in [2.45, 2.75) is 39.7 Å². The number of hydrogen-bond donors (Lipinski definition) is 1. The molecule has 2 N–H and O–H groups in total. The highest BCUT2D eigenvalue weighted by atomic mass is 79.9. The second-order valence-corrected chi connectivity index (χ2v) is 6.49. The molecule has 0 saturated carbocycles. The molecule has 1 aromatic rings. The Kier molecular flexibility index (Phi) is 5.05. The molecule has 2 nitrogen and oxygen atoms in total. The monoisotopic (exact) mass is 315 g/mol. The topological polar surface area (TPSA) is 43.1 Å². The molecule has 18 heavy (non-hydrogen) atoms. The standard InChI is InChI=1S/C14H19BrFNO/c1-14(2,3)13(17)8-10(18)6-9-4-5-12(16)11(15)7-9/h4-5,7,13H,6,8,17H2,1-3H3. The zero-order chi connectivity index (χ0) is 13.9. The molecule has 0 saturated heterocycles. The van der Waals surface area contributed by atoms with E-state index in [4.69, 9.17) is 5.73 Å². The number of halogens is 2. The van der Waals surface area contributed by atoms with Gasteiger partial charge in [-0.3, -0.25) is 4.79 Å². The Morgan fingerprint density at radius 1 is 1.44 bits per heavy atom. The first-order chi connectivity index (χ1) is 8.20. The van der Waals surface area contributed by atoms with E-state index in [1.54, 1.807) is 12.1 Å². The van der Waals surface area contributed by atoms with Crippen LogP contribution in [0.5, 0.6) is 0 Å². The van der Waals surface area contributed by atoms with Crippen molar-refractivity contribution in [2.24, 2.45) is 11.1 Å². The van der Waals surface area contributed by atoms with Crippen molar-refractivity contribution >= 4 is 21.7 Å². The predicted molar refractivity (Wildman–Crippen MR) is 74.9 cm³/mol. The molecule has 0 aromatic heterocycles. The number of rotatable bonds is 4. The van der Waals surface area contributed by atoms with Gasteiger partial charge < -0.3 is 5.73 Å². The Bertz CT molecular complexity index is 440. The van der Waals surface area contributed by atoms with Crippen LogP contribution in [0.25, 0.3) is 0 Å². The summed E-state index contributed by atoms with van der Waals surface area (Å²) in [6.07, 6.45) is 0.640. The first-order valence-corrected chi connectivity index (χ1v) is 6.70. The van der Waals surface area contributed by atoms with E-state index >= 15 is 0 Å². The third-order valence-electron chi connectivity index (χ3n) is 2.95. The van der Waals surface area contributed by atoms with Crippen LogP contribution in [0.4, 0.5) is 4.39 Å². The summed E-state index contributed by atoms with van der Waals surface area (Å²) in [4.78, 5) is 11.9. The maximum absolute atomic E-state index is 13.1. The summed E-state index contributed by atoms with van der Waals surface area (Å²) in [5.41, 5.74) is 6.69. The van der Waals surface area contributed by atoms with E-state index in [2.05, 4.69) is 15.9 Å². The van der Waals surface area contributed by atoms with Crippen LogP contribution in [0.2, 0.25) is 0 Å². The molecular weight excluding hydrogens is 297 g/mol. The van der Waals surface area contributed by atoms with Gasteiger partial charge in [0, 0.05) is 18.9 Å². The van der Waals surface area contributed by atoms with Gasteiger partial charge in [0.15, 0.2) is 0 Å². The Hall–Kier alpha value is -0.740. The van der Waals surface area contributed by atoms with Crippen LogP contribution in [-0.2, 0) is 11.2 Å². The average Bonchev–Trinajstić information content (AvgIpc) is 2.22. The van der Waals surface area contributed by atoms with Crippen molar-refractivity contribution in [1.29, 1.82) is 0 Å². The SMILES string of the molecule is CC(C)(C)C(N)CC(=O)Cc1ccc(F)c(Br)c1. The highest BCUT2D eigenvalue weighted by Crippen LogP contribution is 2.21. The van der Waals surface area contributed by atoms with Gasteiger partial charge >= 0.3 is 0 Å². The van der Waals surface area contributed by atoms with Gasteiger partial charge in [0.25, 0.3) is 0 Å². The summed E-state index contributed by atoms with van der Waals surface area (Å²) >= 11 is 3.11. The molecule has 0 aliphatic rings. The smallest absolute Gasteiger partial charge is 0.138 e. The lowest BCUT2D eigenvalue weighted by molar-refractivity contribution is -0.119. The zero-order valence-corrected chi connectivity index (χ0v) is 12.6. The van der Waals surface area contributed by atoms with E-state index in [1.165, 1.54) is 6.07 Å². The van der Waals surface area contributed by atoms with Crippen molar-refractivity contribution in [2.75, 3.05) is 0 Å². The quantitative estimate of drug-likeness (QED) is 0.924. The highest BCUT2D eigenvalue weighted by Gasteiger charge is 2.23. The van der Waals surface area contributed by atoms with Gasteiger partial charge in [-0.05, 0) is 39.0 Å². The molecular formula is C14H19BrFNO. The second-order valence-electron chi connectivity index (χ2n) is 5.64. The van der Waals surface area contributed by atoms with Gasteiger partial charge in [0.05, 0.1) is 4.47 Å². The van der Waals surface area contributed by atoms with Gasteiger partial charge in [-0.15, -0.1) is 0 Å². The fraction of sp³-hybridized carbons (Fsp3) is 0.500. The van der Waals surface area contributed by atoms with Crippen molar-refractivity contribution in [1.82, 2.24) is 0 Å². The van der Waals surface area contributed by atoms with Crippen LogP contribution >= 0.6 is 15.9 Å². The number of hydrogen-bond acceptors (Lipinski definition) is 2. The van der Waals surface area contributed by atoms with E-state index in [1.807, 2.05) is 20.8 Å². The summed E-state index contributed by atoms with van der Waals surface area (Å²) < 4.78 is 13.4. The summed E-state index contributed by atoms with van der Waals surface area (Å²) in [7, 11) is 0. The molecule has 0 fully saturated rings. The minimum absolute atomic E-state index is 0.0796. The third-order valence-corrected chi connectivity index (χ3v) is 3.55. The van der Waals surface area contributed by atoms with Crippen molar-refractivity contribution < 1.29 is 9.18 Å². The summed E-state index contributed by atoms with van der Waals surface area (Å²) in [6.45, 7) is 6.04. The number of carbonyl (C=O) groups excluding carboxylic acids is 1. The van der Waals surface area contributed by atoms with Gasteiger partial charge in [0.2, 0.25) is 0 Å². The van der Waals surface area contributed by atoms with E-state index in [0.29, 0.717) is 17.3 Å². The lowest BCUT2D eigenvalue weighted by atomic mass is 9.84. The van der Waals surface area contributed by atoms with Gasteiger partial charge in [-0.1, -0.05) is 26.8 Å². The number of ketones is 1. The Morgan fingerprint density at radius 2 is 2.06 bits per heavy atom. The van der Waals surface area contributed by atoms with Gasteiger partial charge in [-0.2, -0.15) is 0 Å². The first-order valence-electron chi connectivity index (χ1n) is 5.91. The number of carbonyl (C=O) groups is 1. The van der Waals surface area contributed by atoms with Gasteiger partial charge in [-0.25, -0.2) is 4.39 Å². The number of Topliss-reactive ketones (excluding diaryl/α,β-unsaturated/α-hetero) is 1. The Morgan fingerprint density at radius 3 is 2.56 bits per heavy atom. The molecule has 0 aliphatic heterocycles. The molecule has 100 valence electrons. The molecule has 1 rings (SSSR count). The van der Waals surface area contributed by atoms with E-state index in [9.17, 15) is 9.18 Å². The van der Waals surface area contributed by atoms with E-state index < -0.39 is 0 Å². The van der Waals surface area contributed by atoms with Crippen molar-refractivity contribution in [3.05, 3.63) is 34.1 Å². The van der Waals surface area contributed by atoms with Crippen LogP contribution < -0.4 is 5.73 Å². The maximum atomic E-state index is 13.1. The van der Waals surface area contributed by atoms with Crippen molar-refractivity contribution in [3.63, 3.8) is 0 Å². The van der Waals surface area contributed by atoms with Crippen LogP contribution in [0, 0.1) is 11.2 Å². The molecule has 0 radical (unpaired) electrons. The minimum atomic E-state index is -0.322. The zero-order valence-electron chi connectivity index (χ0n) is 11.0. The first kappa shape index (κ1) is 15.3. The molecule has 0 spiro atoms. The lowest BCUT2D eigenvalue weighted by Crippen LogP contribution is -2.37. The number of benzene rings is 1. The van der Waals surface area contributed by atoms with Crippen LogP contribution in [0.1, 0.15) is 32.8 Å². The van der Waals surface area contributed by atoms with Crippen LogP contribution in [0.3, 0.4) is 0 Å². The normalized spacial score (nSPS) is 13.4. The molecule has 0 heterocycles. The second kappa shape index (κ2) is 5.93. The summed E-state index contributed by atoms with van der Waals surface area (Å²) in [5.74, 6) is -0.242. The lowest BCUT2D eigenvalue weighted by Gasteiger charge is -2.26. The van der Waals surface area contributed by atoms with Gasteiger partial charge in [0.1, 0.15) is 11.6 Å². The maximum Gasteiger partial charge on any atom is 0.138 e. The minimum Gasteiger partial charge on any atom is -0.327 e. The number of nitrogens with two attached hydrogens (primary N) is 1.